The Kier molecular flexibility index (Phi) is 4.95. The van der Waals surface area contributed by atoms with Crippen LogP contribution in [0.15, 0.2) is 18.3 Å². The molecule has 0 aliphatic rings. The normalized spacial score (nSPS) is 11.3. The van der Waals surface area contributed by atoms with E-state index in [2.05, 4.69) is 15.0 Å². The first-order valence-electron chi connectivity index (χ1n) is 6.15. The highest BCUT2D eigenvalue weighted by molar-refractivity contribution is 7.19. The summed E-state index contributed by atoms with van der Waals surface area (Å²) >= 11 is 6.92. The van der Waals surface area contributed by atoms with Gasteiger partial charge < -0.3 is 15.3 Å². The van der Waals surface area contributed by atoms with Crippen molar-refractivity contribution in [3.63, 3.8) is 0 Å². The Morgan fingerprint density at radius 3 is 2.87 bits per heavy atom. The number of hydrogen-bond acceptors (Lipinski definition) is 6. The van der Waals surface area contributed by atoms with Crippen LogP contribution in [0.25, 0.3) is 10.6 Å². The second-order valence-electron chi connectivity index (χ2n) is 4.11. The first kappa shape index (κ1) is 17.3. The molecule has 1 N–H and O–H groups in total. The Hall–Kier alpha value is -2.07. The highest BCUT2D eigenvalue weighted by Gasteiger charge is 2.43. The fourth-order valence-corrected chi connectivity index (χ4v) is 2.83. The number of thiazole rings is 1. The van der Waals surface area contributed by atoms with Gasteiger partial charge in [-0.3, -0.25) is 0 Å². The van der Waals surface area contributed by atoms with E-state index in [1.54, 1.807) is 0 Å². The maximum Gasteiger partial charge on any atom is 0.491 e. The number of hydrogen-bond donors (Lipinski definition) is 1. The third-order valence-electron chi connectivity index (χ3n) is 2.49. The molecule has 0 saturated carbocycles. The number of alkyl halides is 3. The Labute approximate surface area is 137 Å². The SMILES string of the molecule is CCNc1sc(-c2ccc[n+]([O-])c2OC(=O)C(F)(F)F)nc1Cl. The zero-order valence-electron chi connectivity index (χ0n) is 11.5. The molecular formula is C12H9ClF3N3O3S. The van der Waals surface area contributed by atoms with Gasteiger partial charge in [-0.1, -0.05) is 22.9 Å². The molecule has 0 amide bonds. The Bertz CT molecular complexity index is 736. The summed E-state index contributed by atoms with van der Waals surface area (Å²) in [5, 5.41) is 15.3. The summed E-state index contributed by atoms with van der Waals surface area (Å²) in [6, 6.07) is 2.59. The van der Waals surface area contributed by atoms with E-state index in [9.17, 15) is 23.2 Å². The number of pyridine rings is 1. The molecule has 6 nitrogen and oxygen atoms in total. The number of rotatable bonds is 4. The van der Waals surface area contributed by atoms with Gasteiger partial charge in [-0.05, 0) is 13.0 Å². The molecule has 0 aliphatic carbocycles. The van der Waals surface area contributed by atoms with E-state index in [4.69, 9.17) is 11.6 Å². The first-order valence-corrected chi connectivity index (χ1v) is 7.35. The smallest absolute Gasteiger partial charge is 0.491 e. The summed E-state index contributed by atoms with van der Waals surface area (Å²) in [4.78, 5) is 15.0. The summed E-state index contributed by atoms with van der Waals surface area (Å²) < 4.78 is 41.2. The van der Waals surface area contributed by atoms with Crippen molar-refractivity contribution in [1.82, 2.24) is 4.98 Å². The molecule has 0 atom stereocenters. The second-order valence-corrected chi connectivity index (χ2v) is 5.47. The Morgan fingerprint density at radius 2 is 2.26 bits per heavy atom. The van der Waals surface area contributed by atoms with Crippen LogP contribution < -0.4 is 14.8 Å². The van der Waals surface area contributed by atoms with Crippen molar-refractivity contribution in [3.05, 3.63) is 28.7 Å². The van der Waals surface area contributed by atoms with Crippen molar-refractivity contribution in [2.75, 3.05) is 11.9 Å². The highest BCUT2D eigenvalue weighted by Crippen LogP contribution is 2.38. The minimum Gasteiger partial charge on any atom is -0.616 e. The van der Waals surface area contributed by atoms with Gasteiger partial charge in [0.15, 0.2) is 11.3 Å². The average molecular weight is 368 g/mol. The van der Waals surface area contributed by atoms with Crippen LogP contribution >= 0.6 is 22.9 Å². The van der Waals surface area contributed by atoms with Crippen molar-refractivity contribution in [2.45, 2.75) is 13.1 Å². The van der Waals surface area contributed by atoms with E-state index < -0.39 is 18.0 Å². The van der Waals surface area contributed by atoms with Gasteiger partial charge in [0.2, 0.25) is 0 Å². The third-order valence-corrected chi connectivity index (χ3v) is 3.92. The van der Waals surface area contributed by atoms with Gasteiger partial charge in [-0.25, -0.2) is 9.78 Å². The zero-order chi connectivity index (χ0) is 17.2. The standard InChI is InChI=1S/C12H9ClF3N3O3S/c1-2-17-9-7(13)18-8(23-9)6-4-3-5-19(21)10(6)22-11(20)12(14,15)16/h3-5,17H,2H2,1H3. The van der Waals surface area contributed by atoms with Crippen molar-refractivity contribution >= 4 is 33.9 Å². The predicted molar refractivity (Wildman–Crippen MR) is 77.4 cm³/mol. The van der Waals surface area contributed by atoms with E-state index in [-0.39, 0.29) is 20.5 Å². The van der Waals surface area contributed by atoms with Crippen LogP contribution in [-0.2, 0) is 4.79 Å². The van der Waals surface area contributed by atoms with Crippen LogP contribution in [-0.4, -0.2) is 23.7 Å². The molecule has 0 radical (unpaired) electrons. The van der Waals surface area contributed by atoms with Crippen LogP contribution in [0.1, 0.15) is 6.92 Å². The molecule has 23 heavy (non-hydrogen) atoms. The maximum absolute atomic E-state index is 12.3. The van der Waals surface area contributed by atoms with Crippen LogP contribution in [0.4, 0.5) is 18.2 Å². The summed E-state index contributed by atoms with van der Waals surface area (Å²) in [5.74, 6) is -3.31. The first-order chi connectivity index (χ1) is 10.7. The van der Waals surface area contributed by atoms with Gasteiger partial charge in [-0.2, -0.15) is 13.2 Å². The van der Waals surface area contributed by atoms with Crippen molar-refractivity contribution in [1.29, 1.82) is 0 Å². The number of halogens is 4. The molecule has 0 aromatic carbocycles. The van der Waals surface area contributed by atoms with Gasteiger partial charge in [0.05, 0.1) is 0 Å². The number of carbonyl (C=O) groups is 1. The minimum atomic E-state index is -5.23. The van der Waals surface area contributed by atoms with Crippen molar-refractivity contribution in [3.8, 4) is 16.5 Å². The lowest BCUT2D eigenvalue weighted by atomic mass is 10.3. The Balaban J connectivity index is 2.45. The largest absolute Gasteiger partial charge is 0.616 e. The number of nitrogens with zero attached hydrogens (tertiary/aromatic N) is 2. The summed E-state index contributed by atoms with van der Waals surface area (Å²) in [5.41, 5.74) is -0.0730. The molecule has 124 valence electrons. The predicted octanol–water partition coefficient (Wildman–Crippen LogP) is 3.00. The molecule has 0 fully saturated rings. The molecule has 2 rings (SSSR count). The van der Waals surface area contributed by atoms with Gasteiger partial charge >= 0.3 is 18.0 Å². The third kappa shape index (κ3) is 3.82. The quantitative estimate of drug-likeness (QED) is 0.510. The molecule has 2 aromatic heterocycles. The fourth-order valence-electron chi connectivity index (χ4n) is 1.57. The summed E-state index contributed by atoms with van der Waals surface area (Å²) in [7, 11) is 0. The lowest BCUT2D eigenvalue weighted by Gasteiger charge is -2.09. The van der Waals surface area contributed by atoms with Crippen molar-refractivity contribution in [2.24, 2.45) is 0 Å². The molecule has 0 spiro atoms. The highest BCUT2D eigenvalue weighted by atomic mass is 35.5. The van der Waals surface area contributed by atoms with Crippen LogP contribution in [0, 0.1) is 5.21 Å². The lowest BCUT2D eigenvalue weighted by molar-refractivity contribution is -0.610. The van der Waals surface area contributed by atoms with Gasteiger partial charge in [0, 0.05) is 12.6 Å². The monoisotopic (exact) mass is 367 g/mol. The van der Waals surface area contributed by atoms with Crippen LogP contribution in [0.2, 0.25) is 5.15 Å². The minimum absolute atomic E-state index is 0.0151. The number of ether oxygens (including phenoxy) is 1. The molecule has 0 saturated heterocycles. The van der Waals surface area contributed by atoms with Gasteiger partial charge in [0.25, 0.3) is 0 Å². The lowest BCUT2D eigenvalue weighted by Crippen LogP contribution is -2.35. The molecule has 2 aromatic rings. The van der Waals surface area contributed by atoms with Crippen LogP contribution in [0.5, 0.6) is 5.88 Å². The molecule has 0 aliphatic heterocycles. The van der Waals surface area contributed by atoms with Gasteiger partial charge in [0.1, 0.15) is 15.6 Å². The number of esters is 1. The van der Waals surface area contributed by atoms with E-state index in [1.165, 1.54) is 12.1 Å². The Morgan fingerprint density at radius 1 is 1.57 bits per heavy atom. The van der Waals surface area contributed by atoms with Crippen molar-refractivity contribution < 1.29 is 27.4 Å². The molecule has 0 bridgehead atoms. The number of aromatic nitrogens is 2. The zero-order valence-corrected chi connectivity index (χ0v) is 13.1. The number of carbonyl (C=O) groups excluding carboxylic acids is 1. The topological polar surface area (TPSA) is 78.2 Å². The molecular weight excluding hydrogens is 359 g/mol. The maximum atomic E-state index is 12.3. The molecule has 0 unspecified atom stereocenters. The summed E-state index contributed by atoms with van der Waals surface area (Å²) in [6.45, 7) is 2.37. The van der Waals surface area contributed by atoms with E-state index in [1.807, 2.05) is 6.92 Å². The second kappa shape index (κ2) is 6.59. The number of nitrogens with one attached hydrogen (secondary N) is 1. The fraction of sp³-hybridized carbons (Fsp3) is 0.250. The average Bonchev–Trinajstić information content (AvgIpc) is 2.81. The van der Waals surface area contributed by atoms with E-state index >= 15 is 0 Å². The molecule has 11 heteroatoms. The summed E-state index contributed by atoms with van der Waals surface area (Å²) in [6.07, 6.45) is -4.32. The van der Waals surface area contributed by atoms with E-state index in [0.29, 0.717) is 11.5 Å². The van der Waals surface area contributed by atoms with Gasteiger partial charge in [-0.15, -0.1) is 4.73 Å². The molecule has 2 heterocycles. The van der Waals surface area contributed by atoms with Crippen LogP contribution in [0.3, 0.4) is 0 Å². The number of anilines is 1. The van der Waals surface area contributed by atoms with E-state index in [0.717, 1.165) is 17.5 Å².